The van der Waals surface area contributed by atoms with E-state index in [9.17, 15) is 4.79 Å². The monoisotopic (exact) mass is 578 g/mol. The molecule has 0 aliphatic carbocycles. The molecule has 0 saturated heterocycles. The Morgan fingerprint density at radius 2 is 1.65 bits per heavy atom. The number of fused-ring (bicyclic) bond motifs is 1. The second-order valence-electron chi connectivity index (χ2n) is 10.5. The Kier molecular flexibility index (Phi) is 10.2. The van der Waals surface area contributed by atoms with Gasteiger partial charge in [-0.15, -0.1) is 12.4 Å². The highest BCUT2D eigenvalue weighted by Crippen LogP contribution is 2.32. The van der Waals surface area contributed by atoms with E-state index in [4.69, 9.17) is 34.8 Å². The first kappa shape index (κ1) is 29.6. The van der Waals surface area contributed by atoms with E-state index in [1.165, 1.54) is 5.56 Å². The lowest BCUT2D eigenvalue weighted by Gasteiger charge is -2.27. The van der Waals surface area contributed by atoms with E-state index in [-0.39, 0.29) is 23.7 Å². The zero-order valence-corrected chi connectivity index (χ0v) is 24.6. The fourth-order valence-corrected chi connectivity index (χ4v) is 5.21. The normalized spacial score (nSPS) is 12.8. The van der Waals surface area contributed by atoms with E-state index >= 15 is 0 Å². The lowest BCUT2D eigenvalue weighted by atomic mass is 9.87. The number of nitrogens with zero attached hydrogens (tertiary/aromatic N) is 1. The molecule has 1 aliphatic heterocycles. The molecule has 0 aromatic heterocycles. The Morgan fingerprint density at radius 1 is 0.946 bits per heavy atom. The molecule has 1 heterocycles. The molecular formula is C30H34Cl4N2O. The van der Waals surface area contributed by atoms with Crippen molar-refractivity contribution in [2.24, 2.45) is 0 Å². The summed E-state index contributed by atoms with van der Waals surface area (Å²) in [5.74, 6) is -0.00261. The van der Waals surface area contributed by atoms with Crippen LogP contribution in [0, 0.1) is 0 Å². The molecule has 0 saturated carbocycles. The number of hydrogen-bond donors (Lipinski definition) is 1. The average molecular weight is 580 g/mol. The van der Waals surface area contributed by atoms with E-state index < -0.39 is 0 Å². The second kappa shape index (κ2) is 12.8. The quantitative estimate of drug-likeness (QED) is 0.303. The van der Waals surface area contributed by atoms with Crippen LogP contribution in [-0.4, -0.2) is 23.9 Å². The predicted octanol–water partition coefficient (Wildman–Crippen LogP) is 9.00. The molecule has 0 atom stereocenters. The average Bonchev–Trinajstić information content (AvgIpc) is 2.84. The van der Waals surface area contributed by atoms with Crippen molar-refractivity contribution >= 4 is 58.8 Å². The Bertz CT molecular complexity index is 1240. The third-order valence-corrected chi connectivity index (χ3v) is 7.66. The molecule has 3 aromatic carbocycles. The van der Waals surface area contributed by atoms with E-state index in [1.54, 1.807) is 6.07 Å². The number of aryl methyl sites for hydroxylation is 2. The molecular weight excluding hydrogens is 546 g/mol. The Labute approximate surface area is 241 Å². The Morgan fingerprint density at radius 3 is 2.32 bits per heavy atom. The maximum atomic E-state index is 13.9. The van der Waals surface area contributed by atoms with E-state index in [2.05, 4.69) is 50.4 Å². The van der Waals surface area contributed by atoms with Gasteiger partial charge in [-0.1, -0.05) is 85.9 Å². The van der Waals surface area contributed by atoms with Crippen LogP contribution in [-0.2, 0) is 24.8 Å². The Hall–Kier alpha value is -1.91. The van der Waals surface area contributed by atoms with Crippen LogP contribution < -0.4 is 5.32 Å². The molecule has 0 radical (unpaired) electrons. The molecule has 3 aromatic rings. The van der Waals surface area contributed by atoms with Gasteiger partial charge in [0.2, 0.25) is 0 Å². The third kappa shape index (κ3) is 7.57. The highest BCUT2D eigenvalue weighted by atomic mass is 35.5. The highest BCUT2D eigenvalue weighted by Gasteiger charge is 2.24. The molecule has 1 aliphatic rings. The SMILES string of the molecule is CC(C)(C)c1ccc(CN(CCCc2ccc(Cl)c(Cl)c2)C(=O)c2cc(Cl)cc3c2NCCC3)cc1.Cl. The van der Waals surface area contributed by atoms with E-state index in [0.717, 1.165) is 54.6 Å². The van der Waals surface area contributed by atoms with Crippen molar-refractivity contribution in [1.82, 2.24) is 4.90 Å². The van der Waals surface area contributed by atoms with Crippen LogP contribution in [0.25, 0.3) is 0 Å². The molecule has 0 spiro atoms. The van der Waals surface area contributed by atoms with Crippen molar-refractivity contribution in [3.8, 4) is 0 Å². The molecule has 37 heavy (non-hydrogen) atoms. The highest BCUT2D eigenvalue weighted by molar-refractivity contribution is 6.42. The van der Waals surface area contributed by atoms with Crippen LogP contribution in [0.5, 0.6) is 0 Å². The fraction of sp³-hybridized carbons (Fsp3) is 0.367. The second-order valence-corrected chi connectivity index (χ2v) is 11.8. The summed E-state index contributed by atoms with van der Waals surface area (Å²) in [6.45, 7) is 8.62. The van der Waals surface area contributed by atoms with E-state index in [1.807, 2.05) is 29.2 Å². The molecule has 0 unspecified atom stereocenters. The maximum absolute atomic E-state index is 13.9. The summed E-state index contributed by atoms with van der Waals surface area (Å²) in [6.07, 6.45) is 3.57. The van der Waals surface area contributed by atoms with E-state index in [0.29, 0.717) is 33.7 Å². The van der Waals surface area contributed by atoms with Gasteiger partial charge in [0.15, 0.2) is 0 Å². The number of hydrogen-bond acceptors (Lipinski definition) is 2. The van der Waals surface area contributed by atoms with Crippen LogP contribution in [0.3, 0.4) is 0 Å². The topological polar surface area (TPSA) is 32.3 Å². The van der Waals surface area contributed by atoms with Crippen molar-refractivity contribution in [2.45, 2.75) is 58.4 Å². The van der Waals surface area contributed by atoms with Gasteiger partial charge in [-0.2, -0.15) is 0 Å². The fourth-order valence-electron chi connectivity index (χ4n) is 4.65. The lowest BCUT2D eigenvalue weighted by molar-refractivity contribution is 0.0742. The van der Waals surface area contributed by atoms with Crippen LogP contribution in [0.1, 0.15) is 66.2 Å². The van der Waals surface area contributed by atoms with Crippen molar-refractivity contribution in [3.63, 3.8) is 0 Å². The molecule has 198 valence electrons. The lowest BCUT2D eigenvalue weighted by Crippen LogP contribution is -2.33. The van der Waals surface area contributed by atoms with Gasteiger partial charge in [-0.05, 0) is 77.6 Å². The summed E-state index contributed by atoms with van der Waals surface area (Å²) < 4.78 is 0. The van der Waals surface area contributed by atoms with Crippen LogP contribution in [0.4, 0.5) is 5.69 Å². The summed E-state index contributed by atoms with van der Waals surface area (Å²) in [4.78, 5) is 15.9. The number of rotatable bonds is 7. The molecule has 4 rings (SSSR count). The van der Waals surface area contributed by atoms with Crippen LogP contribution in [0.2, 0.25) is 15.1 Å². The van der Waals surface area contributed by atoms with Gasteiger partial charge >= 0.3 is 0 Å². The zero-order valence-electron chi connectivity index (χ0n) is 21.5. The minimum atomic E-state index is -0.00261. The number of anilines is 1. The summed E-state index contributed by atoms with van der Waals surface area (Å²) >= 11 is 18.7. The summed E-state index contributed by atoms with van der Waals surface area (Å²) in [7, 11) is 0. The molecule has 7 heteroatoms. The molecule has 0 bridgehead atoms. The Balaban J connectivity index is 0.00000380. The minimum Gasteiger partial charge on any atom is -0.384 e. The van der Waals surface area contributed by atoms with Gasteiger partial charge in [0, 0.05) is 24.7 Å². The van der Waals surface area contributed by atoms with Gasteiger partial charge in [-0.3, -0.25) is 4.79 Å². The first-order valence-electron chi connectivity index (χ1n) is 12.5. The summed E-state index contributed by atoms with van der Waals surface area (Å²) in [6, 6.07) is 18.1. The van der Waals surface area contributed by atoms with Crippen molar-refractivity contribution in [2.75, 3.05) is 18.4 Å². The third-order valence-electron chi connectivity index (χ3n) is 6.70. The van der Waals surface area contributed by atoms with Gasteiger partial charge < -0.3 is 10.2 Å². The first-order chi connectivity index (χ1) is 17.1. The van der Waals surface area contributed by atoms with Crippen molar-refractivity contribution in [1.29, 1.82) is 0 Å². The van der Waals surface area contributed by atoms with Crippen molar-refractivity contribution in [3.05, 3.63) is 97.5 Å². The smallest absolute Gasteiger partial charge is 0.256 e. The summed E-state index contributed by atoms with van der Waals surface area (Å²) in [5.41, 5.74) is 6.26. The maximum Gasteiger partial charge on any atom is 0.256 e. The van der Waals surface area contributed by atoms with Crippen molar-refractivity contribution < 1.29 is 4.79 Å². The largest absolute Gasteiger partial charge is 0.384 e. The number of nitrogens with one attached hydrogen (secondary N) is 1. The van der Waals surface area contributed by atoms with Gasteiger partial charge in [-0.25, -0.2) is 0 Å². The van der Waals surface area contributed by atoms with Gasteiger partial charge in [0.1, 0.15) is 0 Å². The predicted molar refractivity (Wildman–Crippen MR) is 160 cm³/mol. The summed E-state index contributed by atoms with van der Waals surface area (Å²) in [5, 5.41) is 5.15. The first-order valence-corrected chi connectivity index (χ1v) is 13.6. The van der Waals surface area contributed by atoms with Crippen LogP contribution >= 0.6 is 47.2 Å². The molecule has 1 N–H and O–H groups in total. The molecule has 3 nitrogen and oxygen atoms in total. The van der Waals surface area contributed by atoms with Gasteiger partial charge in [0.05, 0.1) is 21.3 Å². The number of amides is 1. The molecule has 0 fully saturated rings. The van der Waals surface area contributed by atoms with Crippen LogP contribution in [0.15, 0.2) is 54.6 Å². The number of halogens is 4. The number of benzene rings is 3. The standard InChI is InChI=1S/C30H33Cl3N2O.ClH/c1-30(2,3)23-11-8-21(9-12-23)19-35(15-5-6-20-10-13-26(32)27(33)16-20)29(36)25-18-24(31)17-22-7-4-14-34-28(22)25;/h8-13,16-18,34H,4-7,14-15,19H2,1-3H3;1H. The number of carbonyl (C=O) groups is 1. The molecule has 1 amide bonds. The number of carbonyl (C=O) groups excluding carboxylic acids is 1. The minimum absolute atomic E-state index is 0. The zero-order chi connectivity index (χ0) is 25.9. The van der Waals surface area contributed by atoms with Gasteiger partial charge in [0.25, 0.3) is 5.91 Å².